The van der Waals surface area contributed by atoms with Gasteiger partial charge in [-0.25, -0.2) is 0 Å². The smallest absolute Gasteiger partial charge is 0.174 e. The number of hydrogen-bond acceptors (Lipinski definition) is 4. The molecule has 1 fully saturated rings. The lowest BCUT2D eigenvalue weighted by Gasteiger charge is -2.26. The molecule has 0 amide bonds. The van der Waals surface area contributed by atoms with Crippen molar-refractivity contribution in [3.8, 4) is 0 Å². The molecule has 0 radical (unpaired) electrons. The van der Waals surface area contributed by atoms with E-state index < -0.39 is 0 Å². The molecule has 3 heterocycles. The molecule has 4 aromatic rings. The van der Waals surface area contributed by atoms with E-state index in [0.29, 0.717) is 5.11 Å². The molecule has 4 nitrogen and oxygen atoms in total. The molecule has 1 saturated heterocycles. The quantitative estimate of drug-likeness (QED) is 0.331. The monoisotopic (exact) mass is 457 g/mol. The van der Waals surface area contributed by atoms with Crippen LogP contribution in [0.3, 0.4) is 0 Å². The first-order valence-corrected chi connectivity index (χ1v) is 11.9. The molecule has 1 aliphatic heterocycles. The van der Waals surface area contributed by atoms with Crippen molar-refractivity contribution in [1.82, 2.24) is 10.3 Å². The summed E-state index contributed by atoms with van der Waals surface area (Å²) in [5.41, 5.74) is 3.27. The first-order valence-electron chi connectivity index (χ1n) is 10.6. The molecule has 6 heteroatoms. The SMILES string of the molecule is CCc1ccc(N2C(=S)N[C@@H](c3ccccn3)[C@@H]2c2ccc(Sc3ccccc3)o2)cc1. The molecule has 0 spiro atoms. The lowest BCUT2D eigenvalue weighted by Crippen LogP contribution is -2.29. The fourth-order valence-electron chi connectivity index (χ4n) is 3.97. The predicted octanol–water partition coefficient (Wildman–Crippen LogP) is 6.57. The summed E-state index contributed by atoms with van der Waals surface area (Å²) in [6, 6.07) is 28.6. The predicted molar refractivity (Wildman–Crippen MR) is 133 cm³/mol. The topological polar surface area (TPSA) is 41.3 Å². The van der Waals surface area contributed by atoms with Crippen molar-refractivity contribution in [2.45, 2.75) is 35.4 Å². The van der Waals surface area contributed by atoms with E-state index in [1.54, 1.807) is 11.8 Å². The van der Waals surface area contributed by atoms with E-state index in [4.69, 9.17) is 16.6 Å². The summed E-state index contributed by atoms with van der Waals surface area (Å²) in [6.45, 7) is 2.16. The highest BCUT2D eigenvalue weighted by molar-refractivity contribution is 7.99. The Balaban J connectivity index is 1.52. The van der Waals surface area contributed by atoms with Crippen LogP contribution < -0.4 is 10.2 Å². The highest BCUT2D eigenvalue weighted by atomic mass is 32.2. The van der Waals surface area contributed by atoms with Gasteiger partial charge >= 0.3 is 0 Å². The number of benzene rings is 2. The third-order valence-electron chi connectivity index (χ3n) is 5.58. The molecule has 0 saturated carbocycles. The number of pyridine rings is 1. The Labute approximate surface area is 197 Å². The molecule has 0 aliphatic carbocycles. The highest BCUT2D eigenvalue weighted by Gasteiger charge is 2.42. The average Bonchev–Trinajstić information content (AvgIpc) is 3.44. The zero-order valence-corrected chi connectivity index (χ0v) is 19.3. The Kier molecular flexibility index (Phi) is 5.97. The second-order valence-corrected chi connectivity index (χ2v) is 9.05. The fourth-order valence-corrected chi connectivity index (χ4v) is 5.11. The van der Waals surface area contributed by atoms with Crippen LogP contribution in [0.15, 0.2) is 106 Å². The number of anilines is 1. The summed E-state index contributed by atoms with van der Waals surface area (Å²) in [4.78, 5) is 7.89. The van der Waals surface area contributed by atoms with Gasteiger partial charge in [0.2, 0.25) is 0 Å². The molecule has 1 N–H and O–H groups in total. The van der Waals surface area contributed by atoms with Gasteiger partial charge in [-0.3, -0.25) is 4.98 Å². The maximum Gasteiger partial charge on any atom is 0.174 e. The number of rotatable bonds is 6. The molecule has 2 atom stereocenters. The second kappa shape index (κ2) is 9.18. The van der Waals surface area contributed by atoms with Gasteiger partial charge < -0.3 is 14.6 Å². The molecule has 5 rings (SSSR count). The van der Waals surface area contributed by atoms with Crippen LogP contribution >= 0.6 is 24.0 Å². The minimum atomic E-state index is -0.144. The van der Waals surface area contributed by atoms with Crippen molar-refractivity contribution in [3.05, 3.63) is 108 Å². The van der Waals surface area contributed by atoms with Gasteiger partial charge in [0, 0.05) is 16.8 Å². The highest BCUT2D eigenvalue weighted by Crippen LogP contribution is 2.43. The van der Waals surface area contributed by atoms with Crippen LogP contribution in [0, 0.1) is 0 Å². The molecule has 2 aromatic carbocycles. The van der Waals surface area contributed by atoms with Crippen LogP contribution in [0.4, 0.5) is 5.69 Å². The number of hydrogen-bond donors (Lipinski definition) is 1. The summed E-state index contributed by atoms with van der Waals surface area (Å²) in [7, 11) is 0. The van der Waals surface area contributed by atoms with Crippen molar-refractivity contribution >= 4 is 34.8 Å². The van der Waals surface area contributed by atoms with Gasteiger partial charge in [-0.1, -0.05) is 55.1 Å². The number of nitrogens with zero attached hydrogens (tertiary/aromatic N) is 2. The van der Waals surface area contributed by atoms with E-state index >= 15 is 0 Å². The molecule has 0 unspecified atom stereocenters. The third-order valence-corrected chi connectivity index (χ3v) is 6.82. The Morgan fingerprint density at radius 1 is 0.969 bits per heavy atom. The normalized spacial score (nSPS) is 18.0. The molecule has 0 bridgehead atoms. The Morgan fingerprint density at radius 3 is 2.47 bits per heavy atom. The zero-order valence-electron chi connectivity index (χ0n) is 17.6. The summed E-state index contributed by atoms with van der Waals surface area (Å²) >= 11 is 7.40. The van der Waals surface area contributed by atoms with Gasteiger partial charge in [0.1, 0.15) is 11.8 Å². The molecular formula is C26H23N3OS2. The average molecular weight is 458 g/mol. The number of thiocarbonyl (C=S) groups is 1. The number of nitrogens with one attached hydrogen (secondary N) is 1. The van der Waals surface area contributed by atoms with E-state index in [9.17, 15) is 0 Å². The van der Waals surface area contributed by atoms with Crippen molar-refractivity contribution < 1.29 is 4.42 Å². The standard InChI is InChI=1S/C26H23N3OS2/c1-2-18-11-13-19(14-12-18)29-25(24(28-26(29)31)21-10-6-7-17-27-21)22-15-16-23(30-22)32-20-8-4-3-5-9-20/h3-17,24-25H,2H2,1H3,(H,28,31)/t24-,25-/m0/s1. The largest absolute Gasteiger partial charge is 0.452 e. The van der Waals surface area contributed by atoms with Gasteiger partial charge in [0.05, 0.1) is 11.7 Å². The van der Waals surface area contributed by atoms with E-state index in [0.717, 1.165) is 33.6 Å². The number of aromatic nitrogens is 1. The van der Waals surface area contributed by atoms with E-state index in [2.05, 4.69) is 64.6 Å². The third kappa shape index (κ3) is 4.16. The van der Waals surface area contributed by atoms with Gasteiger partial charge in [0.15, 0.2) is 10.2 Å². The van der Waals surface area contributed by atoms with Crippen molar-refractivity contribution in [3.63, 3.8) is 0 Å². The van der Waals surface area contributed by atoms with E-state index in [1.165, 1.54) is 5.56 Å². The zero-order chi connectivity index (χ0) is 21.9. The van der Waals surface area contributed by atoms with Crippen LogP contribution in [0.25, 0.3) is 0 Å². The maximum atomic E-state index is 6.36. The first-order chi connectivity index (χ1) is 15.7. The summed E-state index contributed by atoms with van der Waals surface area (Å²) < 4.78 is 6.36. The molecule has 1 aliphatic rings. The minimum Gasteiger partial charge on any atom is -0.452 e. The second-order valence-electron chi connectivity index (χ2n) is 7.59. The van der Waals surface area contributed by atoms with Gasteiger partial charge in [-0.2, -0.15) is 0 Å². The summed E-state index contributed by atoms with van der Waals surface area (Å²) in [5, 5.41) is 5.00. The van der Waals surface area contributed by atoms with Gasteiger partial charge in [-0.15, -0.1) is 0 Å². The lowest BCUT2D eigenvalue weighted by atomic mass is 10.0. The molecule has 32 heavy (non-hydrogen) atoms. The van der Waals surface area contributed by atoms with Crippen LogP contribution in [0.2, 0.25) is 0 Å². The van der Waals surface area contributed by atoms with Crippen LogP contribution in [0.5, 0.6) is 0 Å². The van der Waals surface area contributed by atoms with Crippen LogP contribution in [-0.2, 0) is 6.42 Å². The fraction of sp³-hybridized carbons (Fsp3) is 0.154. The minimum absolute atomic E-state index is 0.115. The van der Waals surface area contributed by atoms with Crippen molar-refractivity contribution in [2.75, 3.05) is 4.90 Å². The van der Waals surface area contributed by atoms with Gasteiger partial charge in [0.25, 0.3) is 0 Å². The van der Waals surface area contributed by atoms with Crippen molar-refractivity contribution in [1.29, 1.82) is 0 Å². The molecule has 2 aromatic heterocycles. The van der Waals surface area contributed by atoms with E-state index in [-0.39, 0.29) is 12.1 Å². The number of aryl methyl sites for hydroxylation is 1. The Morgan fingerprint density at radius 2 is 1.75 bits per heavy atom. The van der Waals surface area contributed by atoms with Gasteiger partial charge in [-0.05, 0) is 72.7 Å². The summed E-state index contributed by atoms with van der Waals surface area (Å²) in [5.74, 6) is 0.853. The van der Waals surface area contributed by atoms with Crippen LogP contribution in [-0.4, -0.2) is 10.1 Å². The Bertz CT molecular complexity index is 1190. The molecular weight excluding hydrogens is 434 g/mol. The molecule has 160 valence electrons. The van der Waals surface area contributed by atoms with Crippen molar-refractivity contribution in [2.24, 2.45) is 0 Å². The first kappa shape index (κ1) is 20.8. The summed E-state index contributed by atoms with van der Waals surface area (Å²) in [6.07, 6.45) is 2.82. The maximum absolute atomic E-state index is 6.36. The van der Waals surface area contributed by atoms with E-state index in [1.807, 2.05) is 48.7 Å². The van der Waals surface area contributed by atoms with Crippen LogP contribution in [0.1, 0.15) is 36.0 Å². The lowest BCUT2D eigenvalue weighted by molar-refractivity contribution is 0.383. The Hall–Kier alpha value is -3.09. The number of furan rings is 1.